The lowest BCUT2D eigenvalue weighted by Gasteiger charge is -2.05. The van der Waals surface area contributed by atoms with Crippen molar-refractivity contribution in [1.29, 1.82) is 0 Å². The van der Waals surface area contributed by atoms with Gasteiger partial charge in [0.05, 0.1) is 12.4 Å². The van der Waals surface area contributed by atoms with Crippen molar-refractivity contribution in [3.8, 4) is 5.75 Å². The van der Waals surface area contributed by atoms with Gasteiger partial charge in [-0.25, -0.2) is 9.97 Å². The van der Waals surface area contributed by atoms with Crippen molar-refractivity contribution >= 4 is 39.1 Å². The second-order valence-corrected chi connectivity index (χ2v) is 7.93. The highest BCUT2D eigenvalue weighted by atomic mass is 32.2. The second-order valence-electron chi connectivity index (χ2n) is 5.89. The number of aromatic nitrogens is 2. The van der Waals surface area contributed by atoms with Crippen molar-refractivity contribution in [2.75, 3.05) is 12.4 Å². The van der Waals surface area contributed by atoms with E-state index in [2.05, 4.69) is 9.97 Å². The summed E-state index contributed by atoms with van der Waals surface area (Å²) in [5.74, 6) is 1.27. The van der Waals surface area contributed by atoms with Crippen LogP contribution in [0, 0.1) is 0 Å². The Kier molecular flexibility index (Phi) is 4.72. The van der Waals surface area contributed by atoms with Crippen LogP contribution in [0.2, 0.25) is 0 Å². The van der Waals surface area contributed by atoms with Crippen LogP contribution in [0.15, 0.2) is 35.6 Å². The fraction of sp³-hybridized carbons (Fsp3) is 0.316. The van der Waals surface area contributed by atoms with Gasteiger partial charge in [-0.2, -0.15) is 0 Å². The Balaban J connectivity index is 1.51. The number of ketones is 1. The molecule has 0 saturated carbocycles. The molecule has 0 atom stereocenters. The molecule has 2 heterocycles. The molecule has 0 amide bonds. The van der Waals surface area contributed by atoms with Crippen LogP contribution in [0.3, 0.4) is 0 Å². The van der Waals surface area contributed by atoms with Crippen LogP contribution >= 0.6 is 23.1 Å². The molecule has 4 nitrogen and oxygen atoms in total. The summed E-state index contributed by atoms with van der Waals surface area (Å²) in [5.41, 5.74) is 2.11. The molecule has 1 aliphatic rings. The maximum absolute atomic E-state index is 12.5. The zero-order chi connectivity index (χ0) is 17.2. The van der Waals surface area contributed by atoms with Crippen molar-refractivity contribution in [3.05, 3.63) is 46.6 Å². The highest BCUT2D eigenvalue weighted by molar-refractivity contribution is 8.00. The van der Waals surface area contributed by atoms with E-state index >= 15 is 0 Å². The zero-order valence-corrected chi connectivity index (χ0v) is 15.6. The van der Waals surface area contributed by atoms with Crippen molar-refractivity contribution < 1.29 is 9.53 Å². The van der Waals surface area contributed by atoms with Gasteiger partial charge in [-0.05, 0) is 56.0 Å². The third-order valence-corrected chi connectivity index (χ3v) is 6.48. The van der Waals surface area contributed by atoms with Gasteiger partial charge in [0.2, 0.25) is 0 Å². The number of Topliss-reactive ketones (excluding diaryl/α,β-unsaturated/α-hetero) is 1. The monoisotopic (exact) mass is 370 g/mol. The smallest absolute Gasteiger partial charge is 0.173 e. The quantitative estimate of drug-likeness (QED) is 0.362. The van der Waals surface area contributed by atoms with Gasteiger partial charge in [-0.15, -0.1) is 11.3 Å². The topological polar surface area (TPSA) is 52.1 Å². The number of fused-ring (bicyclic) bond motifs is 3. The molecule has 0 N–H and O–H groups in total. The third-order valence-electron chi connectivity index (χ3n) is 4.29. The Hall–Kier alpha value is -1.92. The molecule has 0 bridgehead atoms. The predicted octanol–water partition coefficient (Wildman–Crippen LogP) is 4.55. The van der Waals surface area contributed by atoms with E-state index in [0.29, 0.717) is 17.9 Å². The molecule has 1 aromatic carbocycles. The Bertz CT molecular complexity index is 919. The third kappa shape index (κ3) is 3.28. The number of benzene rings is 1. The molecule has 1 aliphatic carbocycles. The lowest BCUT2D eigenvalue weighted by atomic mass is 10.1. The largest absolute Gasteiger partial charge is 0.494 e. The van der Waals surface area contributed by atoms with E-state index in [9.17, 15) is 4.79 Å². The van der Waals surface area contributed by atoms with Crippen LogP contribution in [0.4, 0.5) is 0 Å². The number of hydrogen-bond acceptors (Lipinski definition) is 6. The van der Waals surface area contributed by atoms with Gasteiger partial charge in [-0.3, -0.25) is 4.79 Å². The number of thiophene rings is 1. The summed E-state index contributed by atoms with van der Waals surface area (Å²) in [6.45, 7) is 2.57. The Morgan fingerprint density at radius 1 is 1.24 bits per heavy atom. The van der Waals surface area contributed by atoms with E-state index in [0.717, 1.165) is 28.4 Å². The van der Waals surface area contributed by atoms with Gasteiger partial charge >= 0.3 is 0 Å². The van der Waals surface area contributed by atoms with Crippen LogP contribution < -0.4 is 4.74 Å². The molecular formula is C19H18N2O2S2. The summed E-state index contributed by atoms with van der Waals surface area (Å²) >= 11 is 3.29. The van der Waals surface area contributed by atoms with Gasteiger partial charge in [0, 0.05) is 15.8 Å². The second kappa shape index (κ2) is 7.14. The van der Waals surface area contributed by atoms with Crippen LogP contribution in [0.1, 0.15) is 34.1 Å². The van der Waals surface area contributed by atoms with Gasteiger partial charge in [0.25, 0.3) is 0 Å². The fourth-order valence-electron chi connectivity index (χ4n) is 3.13. The van der Waals surface area contributed by atoms with Gasteiger partial charge in [0.15, 0.2) is 5.78 Å². The summed E-state index contributed by atoms with van der Waals surface area (Å²) < 4.78 is 5.42. The SMILES string of the molecule is CCOc1ccc(C(=O)CSc2ncnc3sc4c(c23)CCC4)cc1. The van der Waals surface area contributed by atoms with E-state index < -0.39 is 0 Å². The minimum Gasteiger partial charge on any atom is -0.494 e. The van der Waals surface area contributed by atoms with Crippen LogP contribution in [0.25, 0.3) is 10.2 Å². The number of rotatable bonds is 6. The summed E-state index contributed by atoms with van der Waals surface area (Å²) in [6.07, 6.45) is 5.06. The minimum atomic E-state index is 0.103. The molecule has 2 aromatic heterocycles. The highest BCUT2D eigenvalue weighted by Gasteiger charge is 2.21. The van der Waals surface area contributed by atoms with E-state index in [1.165, 1.54) is 34.0 Å². The summed E-state index contributed by atoms with van der Waals surface area (Å²) in [4.78, 5) is 23.8. The number of carbonyl (C=O) groups excluding carboxylic acids is 1. The fourth-order valence-corrected chi connectivity index (χ4v) is 5.34. The number of aryl methyl sites for hydroxylation is 2. The molecule has 0 saturated heterocycles. The number of thioether (sulfide) groups is 1. The van der Waals surface area contributed by atoms with Crippen LogP contribution in [-0.4, -0.2) is 28.1 Å². The Labute approximate surface area is 154 Å². The highest BCUT2D eigenvalue weighted by Crippen LogP contribution is 2.40. The maximum Gasteiger partial charge on any atom is 0.173 e. The molecule has 3 aromatic rings. The van der Waals surface area contributed by atoms with Gasteiger partial charge < -0.3 is 4.74 Å². The average Bonchev–Trinajstić information content (AvgIpc) is 3.21. The van der Waals surface area contributed by atoms with Crippen molar-refractivity contribution in [2.45, 2.75) is 31.2 Å². The Morgan fingerprint density at radius 2 is 2.08 bits per heavy atom. The lowest BCUT2D eigenvalue weighted by molar-refractivity contribution is 0.102. The molecule has 0 aliphatic heterocycles. The van der Waals surface area contributed by atoms with E-state index in [1.54, 1.807) is 17.7 Å². The Morgan fingerprint density at radius 3 is 2.88 bits per heavy atom. The van der Waals surface area contributed by atoms with Crippen LogP contribution in [0.5, 0.6) is 5.75 Å². The van der Waals surface area contributed by atoms with Gasteiger partial charge in [0.1, 0.15) is 21.9 Å². The lowest BCUT2D eigenvalue weighted by Crippen LogP contribution is -2.03. The summed E-state index contributed by atoms with van der Waals surface area (Å²) in [6, 6.07) is 7.34. The van der Waals surface area contributed by atoms with Crippen LogP contribution in [-0.2, 0) is 12.8 Å². The first kappa shape index (κ1) is 16.5. The zero-order valence-electron chi connectivity index (χ0n) is 13.9. The maximum atomic E-state index is 12.5. The number of hydrogen-bond donors (Lipinski definition) is 0. The standard InChI is InChI=1S/C19H18N2O2S2/c1-2-23-13-8-6-12(7-9-13)15(22)10-24-18-17-14-4-3-5-16(14)25-19(17)21-11-20-18/h6-9,11H,2-5,10H2,1H3. The number of ether oxygens (including phenoxy) is 1. The molecule has 0 fully saturated rings. The van der Waals surface area contributed by atoms with E-state index in [4.69, 9.17) is 4.74 Å². The number of carbonyl (C=O) groups is 1. The normalized spacial score (nSPS) is 13.2. The first-order chi connectivity index (χ1) is 12.3. The number of nitrogens with zero attached hydrogens (tertiary/aromatic N) is 2. The molecular weight excluding hydrogens is 352 g/mol. The van der Waals surface area contributed by atoms with Crippen molar-refractivity contribution in [2.24, 2.45) is 0 Å². The molecule has 0 unspecified atom stereocenters. The predicted molar refractivity (Wildman–Crippen MR) is 102 cm³/mol. The van der Waals surface area contributed by atoms with Gasteiger partial charge in [-0.1, -0.05) is 11.8 Å². The average molecular weight is 370 g/mol. The van der Waals surface area contributed by atoms with Crippen molar-refractivity contribution in [1.82, 2.24) is 9.97 Å². The first-order valence-corrected chi connectivity index (χ1v) is 10.2. The molecule has 0 radical (unpaired) electrons. The molecule has 128 valence electrons. The summed E-state index contributed by atoms with van der Waals surface area (Å²) in [7, 11) is 0. The van der Waals surface area contributed by atoms with E-state index in [1.807, 2.05) is 31.2 Å². The summed E-state index contributed by atoms with van der Waals surface area (Å²) in [5, 5.41) is 2.10. The van der Waals surface area contributed by atoms with Crippen molar-refractivity contribution in [3.63, 3.8) is 0 Å². The molecule has 4 rings (SSSR count). The molecule has 6 heteroatoms. The first-order valence-electron chi connectivity index (χ1n) is 8.40. The van der Waals surface area contributed by atoms with E-state index in [-0.39, 0.29) is 5.78 Å². The minimum absolute atomic E-state index is 0.103. The molecule has 0 spiro atoms. The molecule has 25 heavy (non-hydrogen) atoms.